The Morgan fingerprint density at radius 2 is 1.94 bits per heavy atom. The highest BCUT2D eigenvalue weighted by molar-refractivity contribution is 6.35. The number of nitrogens with zero attached hydrogens (tertiary/aromatic N) is 1. The minimum Gasteiger partial charge on any atom is -0.337 e. The largest absolute Gasteiger partial charge is 0.337 e. The molecular formula is C13H16Cl2N2O. The van der Waals surface area contributed by atoms with Gasteiger partial charge in [0.05, 0.1) is 0 Å². The molecule has 3 nitrogen and oxygen atoms in total. The lowest BCUT2D eigenvalue weighted by molar-refractivity contribution is 0.0672. The van der Waals surface area contributed by atoms with Crippen molar-refractivity contribution in [3.63, 3.8) is 0 Å². The van der Waals surface area contributed by atoms with Crippen molar-refractivity contribution in [1.29, 1.82) is 0 Å². The number of carbonyl (C=O) groups is 1. The van der Waals surface area contributed by atoms with Gasteiger partial charge in [-0.25, -0.2) is 0 Å². The van der Waals surface area contributed by atoms with Crippen LogP contribution in [0, 0.1) is 5.92 Å². The molecule has 0 aliphatic carbocycles. The number of benzene rings is 1. The molecule has 0 saturated carbocycles. The summed E-state index contributed by atoms with van der Waals surface area (Å²) in [6, 6.07) is 4.93. The lowest BCUT2D eigenvalue weighted by atomic mass is 9.94. The van der Waals surface area contributed by atoms with Gasteiger partial charge in [0.2, 0.25) is 0 Å². The van der Waals surface area contributed by atoms with Crippen molar-refractivity contribution in [2.24, 2.45) is 11.7 Å². The van der Waals surface area contributed by atoms with Crippen LogP contribution in [0.2, 0.25) is 10.0 Å². The molecule has 1 aliphatic rings. The molecule has 0 bridgehead atoms. The number of piperidine rings is 1. The van der Waals surface area contributed by atoms with Gasteiger partial charge in [0.25, 0.3) is 5.91 Å². The highest BCUT2D eigenvalue weighted by Gasteiger charge is 2.27. The van der Waals surface area contributed by atoms with Crippen LogP contribution < -0.4 is 5.73 Å². The zero-order valence-corrected chi connectivity index (χ0v) is 11.7. The molecule has 1 saturated heterocycles. The summed E-state index contributed by atoms with van der Waals surface area (Å²) < 4.78 is 0. The Morgan fingerprint density at radius 1 is 1.33 bits per heavy atom. The van der Waals surface area contributed by atoms with E-state index in [4.69, 9.17) is 28.9 Å². The zero-order chi connectivity index (χ0) is 13.3. The molecule has 18 heavy (non-hydrogen) atoms. The Balaban J connectivity index is 2.16. The van der Waals surface area contributed by atoms with Crippen LogP contribution in [0.3, 0.4) is 0 Å². The van der Waals surface area contributed by atoms with Gasteiger partial charge < -0.3 is 10.6 Å². The highest BCUT2D eigenvalue weighted by Crippen LogP contribution is 2.22. The summed E-state index contributed by atoms with van der Waals surface area (Å²) in [5, 5.41) is 0.945. The number of halogens is 2. The first-order valence-corrected chi connectivity index (χ1v) is 6.74. The highest BCUT2D eigenvalue weighted by atomic mass is 35.5. The van der Waals surface area contributed by atoms with E-state index in [2.05, 4.69) is 6.92 Å². The maximum atomic E-state index is 12.3. The minimum atomic E-state index is -0.0539. The molecular weight excluding hydrogens is 271 g/mol. The molecule has 1 aromatic rings. The van der Waals surface area contributed by atoms with Gasteiger partial charge in [0.1, 0.15) is 0 Å². The monoisotopic (exact) mass is 286 g/mol. The average Bonchev–Trinajstić information content (AvgIpc) is 2.30. The lowest BCUT2D eigenvalue weighted by Crippen LogP contribution is -2.49. The maximum Gasteiger partial charge on any atom is 0.254 e. The predicted molar refractivity (Wildman–Crippen MR) is 74.1 cm³/mol. The average molecular weight is 287 g/mol. The second kappa shape index (κ2) is 5.47. The number of hydrogen-bond donors (Lipinski definition) is 1. The molecule has 1 aromatic carbocycles. The molecule has 2 rings (SSSR count). The fraction of sp³-hybridized carbons (Fsp3) is 0.462. The Hall–Kier alpha value is -0.770. The van der Waals surface area contributed by atoms with Crippen molar-refractivity contribution in [2.75, 3.05) is 13.1 Å². The maximum absolute atomic E-state index is 12.3. The molecule has 2 atom stereocenters. The third-order valence-corrected chi connectivity index (χ3v) is 3.85. The third-order valence-electron chi connectivity index (χ3n) is 3.41. The summed E-state index contributed by atoms with van der Waals surface area (Å²) in [4.78, 5) is 14.1. The molecule has 1 heterocycles. The van der Waals surface area contributed by atoms with Gasteiger partial charge in [-0.05, 0) is 30.5 Å². The van der Waals surface area contributed by atoms with Crippen LogP contribution >= 0.6 is 23.2 Å². The molecule has 0 aromatic heterocycles. The van der Waals surface area contributed by atoms with Gasteiger partial charge in [0.15, 0.2) is 0 Å². The van der Waals surface area contributed by atoms with Crippen LogP contribution in [-0.2, 0) is 0 Å². The van der Waals surface area contributed by atoms with Crippen molar-refractivity contribution in [3.05, 3.63) is 33.8 Å². The number of hydrogen-bond acceptors (Lipinski definition) is 2. The Bertz CT molecular complexity index is 444. The minimum absolute atomic E-state index is 0.0392. The van der Waals surface area contributed by atoms with E-state index in [1.54, 1.807) is 23.1 Å². The van der Waals surface area contributed by atoms with E-state index in [1.807, 2.05) is 0 Å². The zero-order valence-electron chi connectivity index (χ0n) is 10.2. The van der Waals surface area contributed by atoms with E-state index in [1.165, 1.54) is 0 Å². The number of nitrogens with two attached hydrogens (primary N) is 1. The van der Waals surface area contributed by atoms with Crippen LogP contribution in [-0.4, -0.2) is 29.9 Å². The predicted octanol–water partition coefficient (Wildman–Crippen LogP) is 2.80. The first-order chi connectivity index (χ1) is 8.47. The van der Waals surface area contributed by atoms with Gasteiger partial charge in [-0.3, -0.25) is 4.79 Å². The van der Waals surface area contributed by atoms with Crippen molar-refractivity contribution in [1.82, 2.24) is 4.90 Å². The molecule has 0 radical (unpaired) electrons. The Morgan fingerprint density at radius 3 is 2.50 bits per heavy atom. The quantitative estimate of drug-likeness (QED) is 0.863. The number of likely N-dealkylation sites (tertiary alicyclic amines) is 1. The molecule has 2 unspecified atom stereocenters. The SMILES string of the molecule is CC1CCN(C(=O)c2cc(Cl)cc(Cl)c2)CC1N. The van der Waals surface area contributed by atoms with Gasteiger partial charge in [-0.2, -0.15) is 0 Å². The van der Waals surface area contributed by atoms with E-state index >= 15 is 0 Å². The summed E-state index contributed by atoms with van der Waals surface area (Å²) in [7, 11) is 0. The van der Waals surface area contributed by atoms with Crippen molar-refractivity contribution < 1.29 is 4.79 Å². The second-order valence-corrected chi connectivity index (χ2v) is 5.71. The van der Waals surface area contributed by atoms with Crippen molar-refractivity contribution in [2.45, 2.75) is 19.4 Å². The van der Waals surface area contributed by atoms with Crippen LogP contribution in [0.25, 0.3) is 0 Å². The normalized spacial score (nSPS) is 24.1. The summed E-state index contributed by atoms with van der Waals surface area (Å²) in [6.45, 7) is 3.44. The van der Waals surface area contributed by atoms with Gasteiger partial charge in [0, 0.05) is 34.7 Å². The molecule has 1 fully saturated rings. The van der Waals surface area contributed by atoms with Crippen LogP contribution in [0.1, 0.15) is 23.7 Å². The first-order valence-electron chi connectivity index (χ1n) is 5.98. The van der Waals surface area contributed by atoms with E-state index < -0.39 is 0 Å². The Labute approximate surface area is 117 Å². The third kappa shape index (κ3) is 2.97. The molecule has 1 aliphatic heterocycles. The lowest BCUT2D eigenvalue weighted by Gasteiger charge is -2.35. The van der Waals surface area contributed by atoms with E-state index in [0.717, 1.165) is 13.0 Å². The van der Waals surface area contributed by atoms with Gasteiger partial charge in [-0.15, -0.1) is 0 Å². The van der Waals surface area contributed by atoms with E-state index in [9.17, 15) is 4.79 Å². The standard InChI is InChI=1S/C13H16Cl2N2O/c1-8-2-3-17(7-12(8)16)13(18)9-4-10(14)6-11(15)5-9/h4-6,8,12H,2-3,7,16H2,1H3. The van der Waals surface area contributed by atoms with Gasteiger partial charge in [-0.1, -0.05) is 30.1 Å². The van der Waals surface area contributed by atoms with E-state index in [-0.39, 0.29) is 11.9 Å². The van der Waals surface area contributed by atoms with Crippen LogP contribution in [0.5, 0.6) is 0 Å². The van der Waals surface area contributed by atoms with Crippen LogP contribution in [0.4, 0.5) is 0 Å². The first kappa shape index (κ1) is 13.7. The fourth-order valence-electron chi connectivity index (χ4n) is 2.14. The van der Waals surface area contributed by atoms with E-state index in [0.29, 0.717) is 28.1 Å². The van der Waals surface area contributed by atoms with Gasteiger partial charge >= 0.3 is 0 Å². The summed E-state index contributed by atoms with van der Waals surface area (Å²) in [5.74, 6) is 0.402. The topological polar surface area (TPSA) is 46.3 Å². The molecule has 0 spiro atoms. The number of rotatable bonds is 1. The molecule has 2 N–H and O–H groups in total. The van der Waals surface area contributed by atoms with Crippen molar-refractivity contribution in [3.8, 4) is 0 Å². The van der Waals surface area contributed by atoms with Crippen LogP contribution in [0.15, 0.2) is 18.2 Å². The Kier molecular flexibility index (Phi) is 4.15. The smallest absolute Gasteiger partial charge is 0.254 e. The summed E-state index contributed by atoms with van der Waals surface area (Å²) >= 11 is 11.8. The second-order valence-electron chi connectivity index (χ2n) is 4.84. The molecule has 5 heteroatoms. The number of carbonyl (C=O) groups excluding carboxylic acids is 1. The number of amides is 1. The molecule has 1 amide bonds. The summed E-state index contributed by atoms with van der Waals surface area (Å²) in [6.07, 6.45) is 0.932. The van der Waals surface area contributed by atoms with Crippen molar-refractivity contribution >= 4 is 29.1 Å². The molecule has 98 valence electrons. The fourth-order valence-corrected chi connectivity index (χ4v) is 2.67. The summed E-state index contributed by atoms with van der Waals surface area (Å²) in [5.41, 5.74) is 6.52.